The van der Waals surface area contributed by atoms with E-state index in [4.69, 9.17) is 16.2 Å². The van der Waals surface area contributed by atoms with Crippen LogP contribution in [0.1, 0.15) is 45.6 Å². The van der Waals surface area contributed by atoms with Gasteiger partial charge in [0.1, 0.15) is 12.1 Å². The van der Waals surface area contributed by atoms with Gasteiger partial charge in [-0.2, -0.15) is 0 Å². The highest BCUT2D eigenvalue weighted by Gasteiger charge is 2.55. The van der Waals surface area contributed by atoms with E-state index in [0.29, 0.717) is 24.0 Å². The molecule has 8 rings (SSSR count). The highest BCUT2D eigenvalue weighted by molar-refractivity contribution is 6.39. The first-order valence-electron chi connectivity index (χ1n) is 12.5. The van der Waals surface area contributed by atoms with Gasteiger partial charge in [-0.25, -0.2) is 4.79 Å². The summed E-state index contributed by atoms with van der Waals surface area (Å²) >= 11 is 0. The number of fused-ring (bicyclic) bond motifs is 13. The summed E-state index contributed by atoms with van der Waals surface area (Å²) < 4.78 is 9.90. The number of esters is 1. The quantitative estimate of drug-likeness (QED) is 0.261. The van der Waals surface area contributed by atoms with Crippen LogP contribution < -0.4 is 16.8 Å². The minimum Gasteiger partial charge on any atom is -0.463 e. The molecule has 5 N–H and O–H groups in total. The van der Waals surface area contributed by atoms with E-state index >= 15 is 0 Å². The third-order valence-electron chi connectivity index (χ3n) is 8.55. The first-order chi connectivity index (χ1) is 18.0. The predicted octanol–water partition coefficient (Wildman–Crippen LogP) is 2.88. The van der Waals surface area contributed by atoms with Crippen LogP contribution in [0, 0.1) is 0 Å². The molecule has 0 saturated heterocycles. The van der Waals surface area contributed by atoms with Gasteiger partial charge in [0.05, 0.1) is 28.2 Å². The number of ether oxygens (including phenoxy) is 1. The van der Waals surface area contributed by atoms with Crippen LogP contribution >= 0.6 is 0 Å². The Morgan fingerprint density at radius 1 is 0.946 bits per heavy atom. The van der Waals surface area contributed by atoms with Gasteiger partial charge >= 0.3 is 5.97 Å². The van der Waals surface area contributed by atoms with Crippen molar-refractivity contribution in [3.05, 3.63) is 59.7 Å². The normalized spacial score (nSPS) is 23.9. The number of hydrogen-bond acceptors (Lipinski definition) is 6. The molecule has 3 atom stereocenters. The van der Waals surface area contributed by atoms with Crippen LogP contribution in [0.4, 0.5) is 0 Å². The smallest absolute Gasteiger partial charge is 0.328 e. The van der Waals surface area contributed by atoms with Crippen LogP contribution in [0.2, 0.25) is 0 Å². The zero-order valence-corrected chi connectivity index (χ0v) is 19.8. The number of amides is 2. The molecule has 4 heterocycles. The van der Waals surface area contributed by atoms with Gasteiger partial charge in [0, 0.05) is 45.2 Å². The number of nitrogens with zero attached hydrogens (tertiary/aromatic N) is 2. The van der Waals surface area contributed by atoms with E-state index < -0.39 is 23.5 Å². The van der Waals surface area contributed by atoms with E-state index in [1.165, 1.54) is 0 Å². The van der Waals surface area contributed by atoms with Crippen LogP contribution in [-0.2, 0) is 9.53 Å². The summed E-state index contributed by atoms with van der Waals surface area (Å²) in [6, 6.07) is 15.2. The number of hydrogen-bond donors (Lipinski definition) is 3. The van der Waals surface area contributed by atoms with Crippen molar-refractivity contribution in [2.75, 3.05) is 13.2 Å². The molecule has 1 saturated carbocycles. The number of rotatable bonds is 3. The lowest BCUT2D eigenvalue weighted by atomic mass is 9.92. The molecule has 5 aromatic rings. The summed E-state index contributed by atoms with van der Waals surface area (Å²) in [7, 11) is 0. The lowest BCUT2D eigenvalue weighted by Crippen LogP contribution is -2.53. The Morgan fingerprint density at radius 2 is 1.51 bits per heavy atom. The number of imide groups is 1. The maximum absolute atomic E-state index is 13.5. The summed E-state index contributed by atoms with van der Waals surface area (Å²) in [4.78, 5) is 40.0. The fourth-order valence-electron chi connectivity index (χ4n) is 7.25. The van der Waals surface area contributed by atoms with E-state index in [1.807, 2.05) is 48.5 Å². The molecule has 9 heteroatoms. The van der Waals surface area contributed by atoms with Gasteiger partial charge in [0.15, 0.2) is 0 Å². The van der Waals surface area contributed by atoms with Gasteiger partial charge in [-0.05, 0) is 25.0 Å². The van der Waals surface area contributed by atoms with Crippen molar-refractivity contribution in [1.29, 1.82) is 0 Å². The number of carbonyl (C=O) groups excluding carboxylic acids is 3. The zero-order valence-electron chi connectivity index (χ0n) is 19.8. The van der Waals surface area contributed by atoms with Crippen LogP contribution in [-0.4, -0.2) is 45.6 Å². The van der Waals surface area contributed by atoms with E-state index in [-0.39, 0.29) is 25.1 Å². The molecule has 9 nitrogen and oxygen atoms in total. The average molecular weight is 494 g/mol. The third kappa shape index (κ3) is 2.30. The largest absolute Gasteiger partial charge is 0.463 e. The zero-order chi connectivity index (χ0) is 25.2. The van der Waals surface area contributed by atoms with Crippen LogP contribution in [0.5, 0.6) is 0 Å². The van der Waals surface area contributed by atoms with Crippen molar-refractivity contribution in [2.45, 2.75) is 30.5 Å². The second-order valence-electron chi connectivity index (χ2n) is 10.3. The number of para-hydroxylation sites is 2. The molecule has 1 fully saturated rings. The Hall–Kier alpha value is -4.21. The molecular formula is C28H23N5O4. The molecule has 184 valence electrons. The van der Waals surface area contributed by atoms with Crippen molar-refractivity contribution >= 4 is 61.4 Å². The van der Waals surface area contributed by atoms with E-state index in [2.05, 4.69) is 14.5 Å². The van der Waals surface area contributed by atoms with E-state index in [9.17, 15) is 14.4 Å². The van der Waals surface area contributed by atoms with Crippen molar-refractivity contribution in [1.82, 2.24) is 14.5 Å². The predicted molar refractivity (Wildman–Crippen MR) is 138 cm³/mol. The molecule has 1 aliphatic carbocycles. The van der Waals surface area contributed by atoms with Gasteiger partial charge in [0.2, 0.25) is 0 Å². The van der Waals surface area contributed by atoms with Crippen LogP contribution in [0.15, 0.2) is 48.5 Å². The Labute approximate surface area is 209 Å². The maximum atomic E-state index is 13.5. The minimum absolute atomic E-state index is 0.0973. The summed E-state index contributed by atoms with van der Waals surface area (Å²) in [6.45, 7) is 0.313. The molecule has 3 aliphatic rings. The van der Waals surface area contributed by atoms with Crippen LogP contribution in [0.3, 0.4) is 0 Å². The Balaban J connectivity index is 1.63. The number of aromatic nitrogens is 2. The molecule has 3 aromatic carbocycles. The van der Waals surface area contributed by atoms with Gasteiger partial charge in [-0.1, -0.05) is 36.4 Å². The van der Waals surface area contributed by atoms with Crippen molar-refractivity contribution in [3.8, 4) is 0 Å². The van der Waals surface area contributed by atoms with Gasteiger partial charge in [-0.3, -0.25) is 14.9 Å². The van der Waals surface area contributed by atoms with Crippen molar-refractivity contribution in [3.63, 3.8) is 0 Å². The highest BCUT2D eigenvalue weighted by atomic mass is 16.5. The molecule has 0 spiro atoms. The van der Waals surface area contributed by atoms with Crippen molar-refractivity contribution < 1.29 is 19.1 Å². The number of nitrogens with two attached hydrogens (primary N) is 2. The standard InChI is InChI=1S/C28H23N5O4/c29-9-10-37-27(36)28(30)12-13-11-18(28)33-17-8-4-2-6-15(17)20-22-21(25(34)31-26(22)35)19-14-5-1-3-7-16(14)32(13)23(19)24(20)33/h1-8,13,18H,9-12,29-30H2,(H,31,34,35)/t13-,18+,28-/m0/s1. The maximum Gasteiger partial charge on any atom is 0.328 e. The third-order valence-corrected chi connectivity index (χ3v) is 8.55. The fraction of sp³-hybridized carbons (Fsp3) is 0.250. The fourth-order valence-corrected chi connectivity index (χ4v) is 7.25. The molecule has 0 radical (unpaired) electrons. The molecule has 2 bridgehead atoms. The summed E-state index contributed by atoms with van der Waals surface area (Å²) in [5.41, 5.74) is 15.7. The average Bonchev–Trinajstić information content (AvgIpc) is 3.57. The highest BCUT2D eigenvalue weighted by Crippen LogP contribution is 2.56. The van der Waals surface area contributed by atoms with Gasteiger partial charge in [-0.15, -0.1) is 0 Å². The first kappa shape index (κ1) is 20.9. The summed E-state index contributed by atoms with van der Waals surface area (Å²) in [5.74, 6) is -1.26. The monoisotopic (exact) mass is 493 g/mol. The Kier molecular flexibility index (Phi) is 3.82. The molecular weight excluding hydrogens is 470 g/mol. The minimum atomic E-state index is -1.29. The van der Waals surface area contributed by atoms with E-state index in [0.717, 1.165) is 43.6 Å². The summed E-state index contributed by atoms with van der Waals surface area (Å²) in [5, 5.41) is 5.77. The molecule has 2 amide bonds. The Bertz CT molecular complexity index is 1900. The second kappa shape index (κ2) is 6.76. The molecule has 2 aromatic heterocycles. The Morgan fingerprint density at radius 3 is 2.14 bits per heavy atom. The number of carbonyl (C=O) groups is 3. The topological polar surface area (TPSA) is 134 Å². The first-order valence-corrected chi connectivity index (χ1v) is 12.5. The SMILES string of the molecule is NCCOC(=O)[C@]1(N)C[C@@H]2C[C@H]1n1c3ccccc3c3c4c(c5c6ccccc6n2c5c31)C(=O)NC4=O. The van der Waals surface area contributed by atoms with Crippen molar-refractivity contribution in [2.24, 2.45) is 11.5 Å². The summed E-state index contributed by atoms with van der Waals surface area (Å²) in [6.07, 6.45) is 0.986. The lowest BCUT2D eigenvalue weighted by Gasteiger charge is -2.32. The van der Waals surface area contributed by atoms with E-state index in [1.54, 1.807) is 0 Å². The molecule has 2 aliphatic heterocycles. The number of benzene rings is 3. The molecule has 0 unspecified atom stereocenters. The second-order valence-corrected chi connectivity index (χ2v) is 10.3. The lowest BCUT2D eigenvalue weighted by molar-refractivity contribution is -0.151. The molecule has 37 heavy (non-hydrogen) atoms. The van der Waals surface area contributed by atoms with Crippen LogP contribution in [0.25, 0.3) is 43.6 Å². The number of nitrogens with one attached hydrogen (secondary N) is 1. The van der Waals surface area contributed by atoms with Gasteiger partial charge in [0.25, 0.3) is 11.8 Å². The van der Waals surface area contributed by atoms with Gasteiger partial charge < -0.3 is 25.3 Å².